The first-order valence-electron chi connectivity index (χ1n) is 2.75. The highest BCUT2D eigenvalue weighted by Gasteiger charge is 1.96. The van der Waals surface area contributed by atoms with E-state index < -0.39 is 0 Å². The van der Waals surface area contributed by atoms with E-state index in [0.29, 0.717) is 0 Å². The first kappa shape index (κ1) is 11.5. The van der Waals surface area contributed by atoms with Crippen molar-refractivity contribution in [2.24, 2.45) is 0 Å². The maximum atomic E-state index is 4.12. The van der Waals surface area contributed by atoms with Crippen LogP contribution in [-0.4, -0.2) is 10.5 Å². The Kier molecular flexibility index (Phi) is 8.37. The summed E-state index contributed by atoms with van der Waals surface area (Å²) in [6.07, 6.45) is 0. The van der Waals surface area contributed by atoms with E-state index in [4.69, 9.17) is 0 Å². The van der Waals surface area contributed by atoms with Crippen molar-refractivity contribution in [2.45, 2.75) is 32.4 Å². The molecule has 0 aliphatic heterocycles. The molecular weight excluding hydrogens is 136 g/mol. The topological polar surface area (TPSA) is 0 Å². The van der Waals surface area contributed by atoms with Crippen LogP contribution in [0.15, 0.2) is 0 Å². The Morgan fingerprint density at radius 3 is 1.25 bits per heavy atom. The summed E-state index contributed by atoms with van der Waals surface area (Å²) in [7, 11) is 0. The van der Waals surface area contributed by atoms with Crippen molar-refractivity contribution in [1.29, 1.82) is 0 Å². The Hall–Kier alpha value is 0.700. The SMILES string of the molecule is CC(C)(C)S.CCS. The van der Waals surface area contributed by atoms with E-state index in [0.717, 1.165) is 5.75 Å². The molecule has 0 rings (SSSR count). The molecule has 0 aliphatic carbocycles. The standard InChI is InChI=1S/C4H10S.C2H6S/c1-4(2,3)5;1-2-3/h5H,1-3H3;3H,2H2,1H3. The minimum absolute atomic E-state index is 0.194. The van der Waals surface area contributed by atoms with Gasteiger partial charge in [0.25, 0.3) is 0 Å². The first-order valence-corrected chi connectivity index (χ1v) is 3.83. The molecule has 0 saturated carbocycles. The van der Waals surface area contributed by atoms with Gasteiger partial charge in [0.2, 0.25) is 0 Å². The van der Waals surface area contributed by atoms with Gasteiger partial charge in [0.05, 0.1) is 0 Å². The van der Waals surface area contributed by atoms with Crippen molar-refractivity contribution < 1.29 is 0 Å². The minimum Gasteiger partial charge on any atom is -0.180 e. The Balaban J connectivity index is 0. The first-order chi connectivity index (χ1) is 3.41. The predicted octanol–water partition coefficient (Wildman–Crippen LogP) is 2.65. The lowest BCUT2D eigenvalue weighted by molar-refractivity contribution is 0.812. The quantitative estimate of drug-likeness (QED) is 0.490. The third-order valence-electron chi connectivity index (χ3n) is 0. The van der Waals surface area contributed by atoms with Crippen LogP contribution < -0.4 is 0 Å². The largest absolute Gasteiger partial charge is 0.180 e. The smallest absolute Gasteiger partial charge is 0.00449 e. The normalized spacial score (nSPS) is 9.75. The average Bonchev–Trinajstić information content (AvgIpc) is 1.27. The van der Waals surface area contributed by atoms with E-state index in [1.807, 2.05) is 6.92 Å². The van der Waals surface area contributed by atoms with Gasteiger partial charge in [-0.2, -0.15) is 25.3 Å². The van der Waals surface area contributed by atoms with Crippen LogP contribution in [0.4, 0.5) is 0 Å². The second-order valence-corrected chi connectivity index (χ2v) is 4.46. The second kappa shape index (κ2) is 5.83. The molecule has 0 radical (unpaired) electrons. The lowest BCUT2D eigenvalue weighted by Crippen LogP contribution is -1.99. The van der Waals surface area contributed by atoms with Crippen LogP contribution in [0.1, 0.15) is 27.7 Å². The highest BCUT2D eigenvalue weighted by Crippen LogP contribution is 2.07. The molecule has 0 fully saturated rings. The molecule has 0 nitrogen and oxygen atoms in total. The van der Waals surface area contributed by atoms with E-state index in [-0.39, 0.29) is 4.75 Å². The maximum Gasteiger partial charge on any atom is 0.00449 e. The summed E-state index contributed by atoms with van der Waals surface area (Å²) >= 11 is 7.91. The lowest BCUT2D eigenvalue weighted by atomic mass is 10.3. The van der Waals surface area contributed by atoms with Crippen molar-refractivity contribution in [3.05, 3.63) is 0 Å². The molecule has 0 aromatic carbocycles. The number of thiol groups is 2. The number of hydrogen-bond donors (Lipinski definition) is 2. The fourth-order valence-electron chi connectivity index (χ4n) is 0. The van der Waals surface area contributed by atoms with Gasteiger partial charge in [-0.25, -0.2) is 0 Å². The zero-order chi connectivity index (χ0) is 7.21. The summed E-state index contributed by atoms with van der Waals surface area (Å²) in [6.45, 7) is 8.14. The van der Waals surface area contributed by atoms with E-state index in [9.17, 15) is 0 Å². The lowest BCUT2D eigenvalue weighted by Gasteiger charge is -2.04. The minimum atomic E-state index is 0.194. The van der Waals surface area contributed by atoms with Gasteiger partial charge in [0.15, 0.2) is 0 Å². The van der Waals surface area contributed by atoms with Gasteiger partial charge in [0, 0.05) is 4.75 Å². The van der Waals surface area contributed by atoms with Crippen molar-refractivity contribution in [2.75, 3.05) is 5.75 Å². The number of hydrogen-bond acceptors (Lipinski definition) is 2. The predicted molar refractivity (Wildman–Crippen MR) is 48.3 cm³/mol. The molecule has 0 heterocycles. The van der Waals surface area contributed by atoms with Crippen LogP contribution in [0.25, 0.3) is 0 Å². The fourth-order valence-corrected chi connectivity index (χ4v) is 0. The Morgan fingerprint density at radius 2 is 1.25 bits per heavy atom. The Bertz CT molecular complexity index is 30.3. The van der Waals surface area contributed by atoms with Crippen molar-refractivity contribution in [3.63, 3.8) is 0 Å². The van der Waals surface area contributed by atoms with Gasteiger partial charge >= 0.3 is 0 Å². The maximum absolute atomic E-state index is 4.12. The summed E-state index contributed by atoms with van der Waals surface area (Å²) in [5.74, 6) is 0.944. The molecule has 0 saturated heterocycles. The summed E-state index contributed by atoms with van der Waals surface area (Å²) in [6, 6.07) is 0. The third-order valence-corrected chi connectivity index (χ3v) is 0. The van der Waals surface area contributed by atoms with Crippen LogP contribution in [-0.2, 0) is 0 Å². The molecule has 0 spiro atoms. The summed E-state index contributed by atoms with van der Waals surface area (Å²) in [5, 5.41) is 0. The van der Waals surface area contributed by atoms with Crippen LogP contribution in [0.5, 0.6) is 0 Å². The highest BCUT2D eigenvalue weighted by molar-refractivity contribution is 7.81. The van der Waals surface area contributed by atoms with E-state index in [1.54, 1.807) is 0 Å². The fraction of sp³-hybridized carbons (Fsp3) is 1.00. The van der Waals surface area contributed by atoms with E-state index in [2.05, 4.69) is 46.0 Å². The van der Waals surface area contributed by atoms with Crippen LogP contribution in [0.2, 0.25) is 0 Å². The van der Waals surface area contributed by atoms with Gasteiger partial charge in [-0.1, -0.05) is 27.7 Å². The molecule has 0 aromatic rings. The highest BCUT2D eigenvalue weighted by atomic mass is 32.1. The monoisotopic (exact) mass is 152 g/mol. The van der Waals surface area contributed by atoms with Gasteiger partial charge in [-0.15, -0.1) is 0 Å². The molecule has 2 heteroatoms. The van der Waals surface area contributed by atoms with Crippen LogP contribution in [0, 0.1) is 0 Å². The van der Waals surface area contributed by atoms with Crippen LogP contribution >= 0.6 is 25.3 Å². The third kappa shape index (κ3) is 444. The molecule has 0 atom stereocenters. The molecular formula is C6H16S2. The molecule has 0 amide bonds. The molecule has 0 unspecified atom stereocenters. The Labute approximate surface area is 63.9 Å². The molecule has 0 aromatic heterocycles. The summed E-state index contributed by atoms with van der Waals surface area (Å²) in [5.41, 5.74) is 0. The number of rotatable bonds is 0. The zero-order valence-electron chi connectivity index (χ0n) is 6.10. The van der Waals surface area contributed by atoms with E-state index in [1.165, 1.54) is 0 Å². The zero-order valence-corrected chi connectivity index (χ0v) is 7.89. The summed E-state index contributed by atoms with van der Waals surface area (Å²) < 4.78 is 0.194. The molecule has 0 N–H and O–H groups in total. The van der Waals surface area contributed by atoms with Crippen LogP contribution in [0.3, 0.4) is 0 Å². The average molecular weight is 152 g/mol. The van der Waals surface area contributed by atoms with Crippen molar-refractivity contribution in [1.82, 2.24) is 0 Å². The summed E-state index contributed by atoms with van der Waals surface area (Å²) in [4.78, 5) is 0. The second-order valence-electron chi connectivity index (χ2n) is 2.49. The Morgan fingerprint density at radius 1 is 1.25 bits per heavy atom. The van der Waals surface area contributed by atoms with Gasteiger partial charge in [0.1, 0.15) is 0 Å². The van der Waals surface area contributed by atoms with E-state index >= 15 is 0 Å². The van der Waals surface area contributed by atoms with Gasteiger partial charge in [-0.05, 0) is 5.75 Å². The van der Waals surface area contributed by atoms with Gasteiger partial charge < -0.3 is 0 Å². The van der Waals surface area contributed by atoms with Gasteiger partial charge in [-0.3, -0.25) is 0 Å². The van der Waals surface area contributed by atoms with Crippen molar-refractivity contribution in [3.8, 4) is 0 Å². The van der Waals surface area contributed by atoms with Crippen molar-refractivity contribution >= 4 is 25.3 Å². The molecule has 52 valence electrons. The molecule has 0 aliphatic rings. The molecule has 8 heavy (non-hydrogen) atoms. The molecule has 0 bridgehead atoms.